The number of halogens is 2. The molecule has 1 heterocycles. The number of para-hydroxylation sites is 2. The van der Waals surface area contributed by atoms with E-state index in [1.807, 2.05) is 12.1 Å². The van der Waals surface area contributed by atoms with Gasteiger partial charge in [-0.2, -0.15) is 8.42 Å². The van der Waals surface area contributed by atoms with E-state index in [4.69, 9.17) is 27.9 Å². The highest BCUT2D eigenvalue weighted by molar-refractivity contribution is 7.90. The summed E-state index contributed by atoms with van der Waals surface area (Å²) in [5.41, 5.74) is 1.17. The van der Waals surface area contributed by atoms with Gasteiger partial charge in [0, 0.05) is 11.6 Å². The fraction of sp³-hybridized carbons (Fsp3) is 0.0500. The van der Waals surface area contributed by atoms with Gasteiger partial charge in [0.15, 0.2) is 5.75 Å². The number of nitrogens with zero attached hydrogens (tertiary/aromatic N) is 1. The van der Waals surface area contributed by atoms with Gasteiger partial charge in [0.2, 0.25) is 5.96 Å². The number of guanidine groups is 1. The van der Waals surface area contributed by atoms with Crippen molar-refractivity contribution < 1.29 is 13.2 Å². The van der Waals surface area contributed by atoms with Crippen molar-refractivity contribution in [1.82, 2.24) is 5.32 Å². The lowest BCUT2D eigenvalue weighted by atomic mass is 10.2. The fourth-order valence-corrected chi connectivity index (χ4v) is 4.30. The molecule has 0 aliphatic carbocycles. The second-order valence-corrected chi connectivity index (χ2v) is 8.60. The summed E-state index contributed by atoms with van der Waals surface area (Å²) in [5.74, 6) is 0.821. The maximum absolute atomic E-state index is 12.7. The highest BCUT2D eigenvalue weighted by atomic mass is 35.5. The minimum absolute atomic E-state index is 0.0235. The fourth-order valence-electron chi connectivity index (χ4n) is 2.80. The van der Waals surface area contributed by atoms with Crippen LogP contribution in [-0.4, -0.2) is 14.4 Å². The van der Waals surface area contributed by atoms with Crippen LogP contribution < -0.4 is 15.4 Å². The van der Waals surface area contributed by atoms with Crippen LogP contribution in [0.4, 0.5) is 5.69 Å². The molecule has 0 radical (unpaired) electrons. The van der Waals surface area contributed by atoms with Crippen LogP contribution in [0.5, 0.6) is 11.5 Å². The first kappa shape index (κ1) is 19.6. The first-order valence-electron chi connectivity index (χ1n) is 8.58. The number of rotatable bonds is 4. The molecule has 4 rings (SSSR count). The van der Waals surface area contributed by atoms with Crippen molar-refractivity contribution >= 4 is 44.9 Å². The molecule has 0 amide bonds. The van der Waals surface area contributed by atoms with Crippen LogP contribution in [0.2, 0.25) is 10.0 Å². The highest BCUT2D eigenvalue weighted by Gasteiger charge is 2.28. The summed E-state index contributed by atoms with van der Waals surface area (Å²) in [5, 5.41) is 7.00. The number of anilines is 1. The molecule has 2 N–H and O–H groups in total. The van der Waals surface area contributed by atoms with Crippen LogP contribution in [0.25, 0.3) is 0 Å². The smallest absolute Gasteiger partial charge is 0.287 e. The van der Waals surface area contributed by atoms with E-state index in [1.54, 1.807) is 48.5 Å². The molecule has 0 aromatic heterocycles. The number of benzene rings is 3. The second-order valence-electron chi connectivity index (χ2n) is 6.19. The lowest BCUT2D eigenvalue weighted by Crippen LogP contribution is -2.34. The number of sulfonamides is 1. The van der Waals surface area contributed by atoms with Crippen molar-refractivity contribution in [2.45, 2.75) is 11.4 Å². The molecule has 0 bridgehead atoms. The van der Waals surface area contributed by atoms with Gasteiger partial charge in [-0.25, -0.2) is 0 Å². The van der Waals surface area contributed by atoms with Crippen LogP contribution in [0, 0.1) is 0 Å². The number of hydrogen-bond acceptors (Lipinski definition) is 5. The SMILES string of the molecule is O=S1(=O)N=C(NCc2cccc(Cl)c2)Nc2c(Oc3ccccc3Cl)cccc21. The van der Waals surface area contributed by atoms with Crippen molar-refractivity contribution in [2.24, 2.45) is 4.40 Å². The van der Waals surface area contributed by atoms with E-state index in [0.29, 0.717) is 28.1 Å². The van der Waals surface area contributed by atoms with Crippen molar-refractivity contribution in [3.8, 4) is 11.5 Å². The summed E-state index contributed by atoms with van der Waals surface area (Å²) in [6.45, 7) is 0.338. The molecule has 3 aromatic rings. The number of nitrogens with one attached hydrogen (secondary N) is 2. The van der Waals surface area contributed by atoms with Gasteiger partial charge in [0.1, 0.15) is 16.3 Å². The molecule has 0 fully saturated rings. The van der Waals surface area contributed by atoms with Gasteiger partial charge in [0.25, 0.3) is 10.0 Å². The zero-order valence-electron chi connectivity index (χ0n) is 14.9. The third-order valence-corrected chi connectivity index (χ3v) is 5.99. The Bertz CT molecular complexity index is 1210. The molecule has 6 nitrogen and oxygen atoms in total. The summed E-state index contributed by atoms with van der Waals surface area (Å²) in [6.07, 6.45) is 0. The first-order chi connectivity index (χ1) is 13.9. The Kier molecular flexibility index (Phi) is 5.36. The monoisotopic (exact) mass is 447 g/mol. The zero-order valence-corrected chi connectivity index (χ0v) is 17.2. The molecular weight excluding hydrogens is 433 g/mol. The lowest BCUT2D eigenvalue weighted by molar-refractivity contribution is 0.483. The normalized spacial score (nSPS) is 14.3. The minimum atomic E-state index is -3.90. The van der Waals surface area contributed by atoms with E-state index in [-0.39, 0.29) is 16.5 Å². The van der Waals surface area contributed by atoms with Gasteiger partial charge in [-0.15, -0.1) is 4.40 Å². The van der Waals surface area contributed by atoms with E-state index in [0.717, 1.165) is 5.56 Å². The molecule has 0 saturated heterocycles. The summed E-state index contributed by atoms with van der Waals surface area (Å²) in [6, 6.07) is 18.9. The third kappa shape index (κ3) is 4.32. The molecular formula is C20H15Cl2N3O3S. The average Bonchev–Trinajstić information content (AvgIpc) is 2.68. The summed E-state index contributed by atoms with van der Waals surface area (Å²) >= 11 is 12.2. The lowest BCUT2D eigenvalue weighted by Gasteiger charge is -2.22. The third-order valence-electron chi connectivity index (χ3n) is 4.13. The predicted molar refractivity (Wildman–Crippen MR) is 115 cm³/mol. The van der Waals surface area contributed by atoms with E-state index < -0.39 is 10.0 Å². The van der Waals surface area contributed by atoms with Gasteiger partial charge in [-0.3, -0.25) is 0 Å². The molecule has 9 heteroatoms. The largest absolute Gasteiger partial charge is 0.454 e. The molecule has 0 atom stereocenters. The molecule has 0 spiro atoms. The Morgan fingerprint density at radius 3 is 2.52 bits per heavy atom. The van der Waals surface area contributed by atoms with E-state index in [9.17, 15) is 8.42 Å². The topological polar surface area (TPSA) is 79.8 Å². The maximum Gasteiger partial charge on any atom is 0.287 e. The van der Waals surface area contributed by atoms with E-state index >= 15 is 0 Å². The van der Waals surface area contributed by atoms with Crippen LogP contribution in [-0.2, 0) is 16.6 Å². The number of ether oxygens (including phenoxy) is 1. The highest BCUT2D eigenvalue weighted by Crippen LogP contribution is 2.39. The van der Waals surface area contributed by atoms with Gasteiger partial charge in [-0.05, 0) is 42.0 Å². The Morgan fingerprint density at radius 2 is 1.72 bits per heavy atom. The second kappa shape index (κ2) is 7.94. The quantitative estimate of drug-likeness (QED) is 0.584. The molecule has 0 unspecified atom stereocenters. The first-order valence-corrected chi connectivity index (χ1v) is 10.8. The van der Waals surface area contributed by atoms with Crippen molar-refractivity contribution in [2.75, 3.05) is 5.32 Å². The van der Waals surface area contributed by atoms with Crippen molar-refractivity contribution in [3.63, 3.8) is 0 Å². The van der Waals surface area contributed by atoms with Crippen molar-refractivity contribution in [3.05, 3.63) is 82.3 Å². The van der Waals surface area contributed by atoms with Crippen LogP contribution in [0.3, 0.4) is 0 Å². The number of fused-ring (bicyclic) bond motifs is 1. The summed E-state index contributed by atoms with van der Waals surface area (Å²) in [4.78, 5) is 0.0235. The Morgan fingerprint density at radius 1 is 0.966 bits per heavy atom. The predicted octanol–water partition coefficient (Wildman–Crippen LogP) is 5.05. The molecule has 1 aliphatic heterocycles. The molecule has 29 heavy (non-hydrogen) atoms. The number of hydrogen-bond donors (Lipinski definition) is 2. The summed E-state index contributed by atoms with van der Waals surface area (Å²) < 4.78 is 35.0. The molecule has 1 aliphatic rings. The minimum Gasteiger partial charge on any atom is -0.454 e. The van der Waals surface area contributed by atoms with Gasteiger partial charge in [0.05, 0.1) is 5.02 Å². The van der Waals surface area contributed by atoms with E-state index in [2.05, 4.69) is 15.0 Å². The van der Waals surface area contributed by atoms with Crippen LogP contribution >= 0.6 is 23.2 Å². The van der Waals surface area contributed by atoms with Crippen molar-refractivity contribution in [1.29, 1.82) is 0 Å². The van der Waals surface area contributed by atoms with Crippen LogP contribution in [0.15, 0.2) is 76.0 Å². The van der Waals surface area contributed by atoms with Gasteiger partial charge >= 0.3 is 0 Å². The Hall–Kier alpha value is -2.74. The Labute approximate surface area is 178 Å². The Balaban J connectivity index is 1.63. The maximum atomic E-state index is 12.7. The molecule has 3 aromatic carbocycles. The standard InChI is InChI=1S/C20H15Cl2N3O3S/c21-14-6-3-5-13(11-14)12-23-20-24-19-17(28-16-8-2-1-7-15(16)22)9-4-10-18(19)29(26,27)25-20/h1-11H,12H2,(H2,23,24,25). The summed E-state index contributed by atoms with van der Waals surface area (Å²) in [7, 11) is -3.90. The van der Waals surface area contributed by atoms with Gasteiger partial charge < -0.3 is 15.4 Å². The van der Waals surface area contributed by atoms with Gasteiger partial charge in [-0.1, -0.05) is 53.5 Å². The molecule has 0 saturated carbocycles. The molecule has 148 valence electrons. The van der Waals surface area contributed by atoms with E-state index in [1.165, 1.54) is 6.07 Å². The zero-order chi connectivity index (χ0) is 20.4. The average molecular weight is 448 g/mol. The van der Waals surface area contributed by atoms with Crippen LogP contribution in [0.1, 0.15) is 5.56 Å².